The molecule has 0 fully saturated rings. The van der Waals surface area contributed by atoms with Crippen LogP contribution >= 0.6 is 11.3 Å². The number of aromatic nitrogens is 1. The average molecular weight is 231 g/mol. The number of nitrogen functional groups attached to an aromatic ring is 1. The maximum absolute atomic E-state index is 6.10. The number of hydrogen-bond acceptors (Lipinski definition) is 4. The van der Waals surface area contributed by atoms with Gasteiger partial charge in [0.2, 0.25) is 0 Å². The van der Waals surface area contributed by atoms with Crippen LogP contribution in [0.15, 0.2) is 29.8 Å². The molecule has 1 aliphatic rings. The van der Waals surface area contributed by atoms with Crippen LogP contribution in [-0.4, -0.2) is 11.0 Å². The van der Waals surface area contributed by atoms with E-state index in [1.807, 2.05) is 11.6 Å². The van der Waals surface area contributed by atoms with Gasteiger partial charge in [0.15, 0.2) is 0 Å². The van der Waals surface area contributed by atoms with E-state index >= 15 is 0 Å². The number of benzene rings is 1. The molecular formula is C12H13N3S. The highest BCUT2D eigenvalue weighted by Gasteiger charge is 2.13. The van der Waals surface area contributed by atoms with E-state index < -0.39 is 0 Å². The predicted molar refractivity (Wildman–Crippen MR) is 69.8 cm³/mol. The van der Waals surface area contributed by atoms with Crippen molar-refractivity contribution in [2.45, 2.75) is 18.9 Å². The first-order valence-electron chi connectivity index (χ1n) is 5.38. The Bertz CT molecular complexity index is 536. The molecule has 0 bridgehead atoms. The molecule has 1 aliphatic carbocycles. The first-order valence-corrected chi connectivity index (χ1v) is 6.26. The molecule has 1 aromatic heterocycles. The summed E-state index contributed by atoms with van der Waals surface area (Å²) < 4.78 is 1.15. The first-order chi connectivity index (χ1) is 7.84. The van der Waals surface area contributed by atoms with Crippen molar-refractivity contribution in [3.63, 3.8) is 0 Å². The molecule has 2 aromatic rings. The monoisotopic (exact) mass is 231 g/mol. The van der Waals surface area contributed by atoms with Crippen LogP contribution < -0.4 is 11.1 Å². The SMILES string of the molecule is Nc1c(NC2CC=CC2)ccc2scnc12. The Hall–Kier alpha value is -1.55. The minimum Gasteiger partial charge on any atom is -0.395 e. The summed E-state index contributed by atoms with van der Waals surface area (Å²) in [5.74, 6) is 0. The van der Waals surface area contributed by atoms with Crippen LogP contribution in [0.2, 0.25) is 0 Å². The van der Waals surface area contributed by atoms with E-state index in [4.69, 9.17) is 5.73 Å². The topological polar surface area (TPSA) is 50.9 Å². The molecule has 4 heteroatoms. The van der Waals surface area contributed by atoms with Gasteiger partial charge < -0.3 is 11.1 Å². The Balaban J connectivity index is 1.93. The van der Waals surface area contributed by atoms with Gasteiger partial charge in [-0.1, -0.05) is 12.2 Å². The second-order valence-electron chi connectivity index (χ2n) is 4.01. The van der Waals surface area contributed by atoms with E-state index in [-0.39, 0.29) is 0 Å². The zero-order valence-corrected chi connectivity index (χ0v) is 9.63. The molecule has 1 heterocycles. The molecule has 0 amide bonds. The largest absolute Gasteiger partial charge is 0.395 e. The Morgan fingerprint density at radius 3 is 2.94 bits per heavy atom. The fraction of sp³-hybridized carbons (Fsp3) is 0.250. The van der Waals surface area contributed by atoms with Crippen LogP contribution in [-0.2, 0) is 0 Å². The molecule has 0 aliphatic heterocycles. The highest BCUT2D eigenvalue weighted by molar-refractivity contribution is 7.16. The normalized spacial score (nSPS) is 16.0. The minimum absolute atomic E-state index is 0.485. The molecule has 0 saturated heterocycles. The van der Waals surface area contributed by atoms with E-state index in [2.05, 4.69) is 28.5 Å². The number of anilines is 2. The summed E-state index contributed by atoms with van der Waals surface area (Å²) in [6.07, 6.45) is 6.56. The molecule has 0 spiro atoms. The fourth-order valence-corrected chi connectivity index (χ4v) is 2.73. The Labute approximate surface area is 98.0 Å². The summed E-state index contributed by atoms with van der Waals surface area (Å²) >= 11 is 1.62. The maximum Gasteiger partial charge on any atom is 0.106 e. The Morgan fingerprint density at radius 1 is 1.31 bits per heavy atom. The summed E-state index contributed by atoms with van der Waals surface area (Å²) in [6.45, 7) is 0. The molecule has 3 rings (SSSR count). The predicted octanol–water partition coefficient (Wildman–Crippen LogP) is 3.01. The molecule has 0 radical (unpaired) electrons. The van der Waals surface area contributed by atoms with Gasteiger partial charge in [-0.25, -0.2) is 4.98 Å². The van der Waals surface area contributed by atoms with Crippen molar-refractivity contribution >= 4 is 32.9 Å². The zero-order valence-electron chi connectivity index (χ0n) is 8.81. The van der Waals surface area contributed by atoms with Crippen LogP contribution in [0, 0.1) is 0 Å². The molecule has 0 saturated carbocycles. The van der Waals surface area contributed by atoms with Crippen LogP contribution in [0.25, 0.3) is 10.2 Å². The highest BCUT2D eigenvalue weighted by Crippen LogP contribution is 2.31. The van der Waals surface area contributed by atoms with E-state index in [9.17, 15) is 0 Å². The van der Waals surface area contributed by atoms with Crippen molar-refractivity contribution in [3.8, 4) is 0 Å². The standard InChI is InChI=1S/C12H13N3S/c13-11-9(15-8-3-1-2-4-8)5-6-10-12(11)14-7-16-10/h1-2,5-8,15H,3-4,13H2. The number of nitrogens with zero attached hydrogens (tertiary/aromatic N) is 1. The second-order valence-corrected chi connectivity index (χ2v) is 4.90. The van der Waals surface area contributed by atoms with Crippen LogP contribution in [0.3, 0.4) is 0 Å². The van der Waals surface area contributed by atoms with E-state index in [1.165, 1.54) is 0 Å². The highest BCUT2D eigenvalue weighted by atomic mass is 32.1. The van der Waals surface area contributed by atoms with Gasteiger partial charge >= 0.3 is 0 Å². The van der Waals surface area contributed by atoms with Crippen molar-refractivity contribution in [2.24, 2.45) is 0 Å². The van der Waals surface area contributed by atoms with E-state index in [1.54, 1.807) is 11.3 Å². The third-order valence-corrected chi connectivity index (χ3v) is 3.70. The van der Waals surface area contributed by atoms with Gasteiger partial charge in [-0.15, -0.1) is 11.3 Å². The van der Waals surface area contributed by atoms with Crippen LogP contribution in [0.4, 0.5) is 11.4 Å². The van der Waals surface area contributed by atoms with Crippen molar-refractivity contribution < 1.29 is 0 Å². The first kappa shape index (κ1) is 9.66. The van der Waals surface area contributed by atoms with E-state index in [0.29, 0.717) is 6.04 Å². The Morgan fingerprint density at radius 2 is 2.12 bits per heavy atom. The quantitative estimate of drug-likeness (QED) is 0.617. The van der Waals surface area contributed by atoms with Gasteiger partial charge in [0.1, 0.15) is 5.52 Å². The lowest BCUT2D eigenvalue weighted by Crippen LogP contribution is -2.16. The molecule has 82 valence electrons. The van der Waals surface area contributed by atoms with Crippen molar-refractivity contribution in [3.05, 3.63) is 29.8 Å². The van der Waals surface area contributed by atoms with Gasteiger partial charge in [0, 0.05) is 6.04 Å². The smallest absolute Gasteiger partial charge is 0.106 e. The number of nitrogens with one attached hydrogen (secondary N) is 1. The number of fused-ring (bicyclic) bond motifs is 1. The van der Waals surface area contributed by atoms with Crippen molar-refractivity contribution in [1.82, 2.24) is 4.98 Å². The lowest BCUT2D eigenvalue weighted by Gasteiger charge is -2.15. The molecule has 3 N–H and O–H groups in total. The Kier molecular flexibility index (Phi) is 2.29. The molecule has 0 atom stereocenters. The third-order valence-electron chi connectivity index (χ3n) is 2.91. The lowest BCUT2D eigenvalue weighted by molar-refractivity contribution is 0.787. The molecule has 16 heavy (non-hydrogen) atoms. The van der Waals surface area contributed by atoms with Crippen LogP contribution in [0.5, 0.6) is 0 Å². The van der Waals surface area contributed by atoms with Gasteiger partial charge in [-0.2, -0.15) is 0 Å². The summed E-state index contributed by atoms with van der Waals surface area (Å²) in [5.41, 5.74) is 10.6. The molecule has 1 aromatic carbocycles. The zero-order chi connectivity index (χ0) is 11.0. The summed E-state index contributed by atoms with van der Waals surface area (Å²) in [7, 11) is 0. The summed E-state index contributed by atoms with van der Waals surface area (Å²) in [5, 5.41) is 3.47. The van der Waals surface area contributed by atoms with Crippen molar-refractivity contribution in [1.29, 1.82) is 0 Å². The maximum atomic E-state index is 6.10. The number of rotatable bonds is 2. The van der Waals surface area contributed by atoms with Crippen LogP contribution in [0.1, 0.15) is 12.8 Å². The molecule has 0 unspecified atom stereocenters. The second kappa shape index (κ2) is 3.79. The minimum atomic E-state index is 0.485. The summed E-state index contributed by atoms with van der Waals surface area (Å²) in [4.78, 5) is 4.29. The molecule has 3 nitrogen and oxygen atoms in total. The summed E-state index contributed by atoms with van der Waals surface area (Å²) in [6, 6.07) is 4.61. The molecular weight excluding hydrogens is 218 g/mol. The average Bonchev–Trinajstić information content (AvgIpc) is 2.93. The lowest BCUT2D eigenvalue weighted by atomic mass is 10.2. The third kappa shape index (κ3) is 1.55. The van der Waals surface area contributed by atoms with E-state index in [0.717, 1.165) is 34.4 Å². The van der Waals surface area contributed by atoms with Gasteiger partial charge in [0.25, 0.3) is 0 Å². The number of thiazole rings is 1. The number of nitrogens with two attached hydrogens (primary N) is 1. The van der Waals surface area contributed by atoms with Crippen molar-refractivity contribution in [2.75, 3.05) is 11.1 Å². The van der Waals surface area contributed by atoms with Gasteiger partial charge in [-0.05, 0) is 25.0 Å². The number of hydrogen-bond donors (Lipinski definition) is 2. The van der Waals surface area contributed by atoms with Gasteiger partial charge in [-0.3, -0.25) is 0 Å². The van der Waals surface area contributed by atoms with Gasteiger partial charge in [0.05, 0.1) is 21.6 Å². The fourth-order valence-electron chi connectivity index (χ4n) is 2.03.